The van der Waals surface area contributed by atoms with Crippen LogP contribution in [0.3, 0.4) is 0 Å². The van der Waals surface area contributed by atoms with Crippen LogP contribution in [0.25, 0.3) is 28.0 Å². The van der Waals surface area contributed by atoms with Gasteiger partial charge in [0, 0.05) is 47.1 Å². The highest BCUT2D eigenvalue weighted by atomic mass is 32.2. The van der Waals surface area contributed by atoms with E-state index >= 15 is 0 Å². The largest absolute Gasteiger partial charge is 0.360 e. The predicted octanol–water partition coefficient (Wildman–Crippen LogP) is 5.32. The molecule has 1 aliphatic heterocycles. The number of carbonyl (C=O) groups excluding carboxylic acids is 1. The number of rotatable bonds is 8. The van der Waals surface area contributed by atoms with Crippen LogP contribution in [0.4, 0.5) is 5.69 Å². The minimum atomic E-state index is -3.51. The van der Waals surface area contributed by atoms with Gasteiger partial charge in [0.15, 0.2) is 11.0 Å². The van der Waals surface area contributed by atoms with Crippen molar-refractivity contribution in [1.29, 1.82) is 0 Å². The van der Waals surface area contributed by atoms with Gasteiger partial charge in [-0.05, 0) is 62.2 Å². The van der Waals surface area contributed by atoms with Crippen LogP contribution in [0.15, 0.2) is 95.1 Å². The van der Waals surface area contributed by atoms with Crippen LogP contribution in [0.1, 0.15) is 19.8 Å². The van der Waals surface area contributed by atoms with E-state index in [-0.39, 0.29) is 10.8 Å². The number of para-hydroxylation sites is 2. The van der Waals surface area contributed by atoms with Crippen molar-refractivity contribution in [2.75, 3.05) is 18.4 Å². The highest BCUT2D eigenvalue weighted by molar-refractivity contribution is 8.00. The highest BCUT2D eigenvalue weighted by Gasteiger charge is 2.27. The first kappa shape index (κ1) is 26.3. The van der Waals surface area contributed by atoms with Gasteiger partial charge in [-0.15, -0.1) is 10.2 Å². The lowest BCUT2D eigenvalue weighted by Gasteiger charge is -2.16. The summed E-state index contributed by atoms with van der Waals surface area (Å²) in [7, 11) is -3.51. The maximum Gasteiger partial charge on any atom is 0.243 e. The van der Waals surface area contributed by atoms with E-state index in [1.807, 2.05) is 72.3 Å². The third-order valence-corrected chi connectivity index (χ3v) is 9.91. The van der Waals surface area contributed by atoms with Crippen molar-refractivity contribution in [3.63, 3.8) is 0 Å². The van der Waals surface area contributed by atoms with Gasteiger partial charge in [-0.3, -0.25) is 9.36 Å². The molecule has 0 spiro atoms. The van der Waals surface area contributed by atoms with Crippen molar-refractivity contribution < 1.29 is 13.2 Å². The second-order valence-electron chi connectivity index (χ2n) is 9.61. The topological polar surface area (TPSA) is 113 Å². The Morgan fingerprint density at radius 3 is 2.40 bits per heavy atom. The molecule has 1 amide bonds. The van der Waals surface area contributed by atoms with Crippen LogP contribution in [-0.4, -0.2) is 56.7 Å². The van der Waals surface area contributed by atoms with Gasteiger partial charge in [0.1, 0.15) is 0 Å². The summed E-state index contributed by atoms with van der Waals surface area (Å²) < 4.78 is 29.1. The van der Waals surface area contributed by atoms with E-state index < -0.39 is 15.3 Å². The zero-order valence-electron chi connectivity index (χ0n) is 21.8. The number of anilines is 1. The molecule has 0 aliphatic carbocycles. The third kappa shape index (κ3) is 5.03. The molecule has 5 aromatic rings. The fourth-order valence-corrected chi connectivity index (χ4v) is 7.21. The molecule has 6 rings (SSSR count). The van der Waals surface area contributed by atoms with Crippen molar-refractivity contribution in [1.82, 2.24) is 24.1 Å². The summed E-state index contributed by atoms with van der Waals surface area (Å²) in [4.78, 5) is 16.7. The van der Waals surface area contributed by atoms with Gasteiger partial charge in [-0.2, -0.15) is 4.31 Å². The lowest BCUT2D eigenvalue weighted by Crippen LogP contribution is -2.27. The lowest BCUT2D eigenvalue weighted by atomic mass is 10.1. The Balaban J connectivity index is 1.23. The molecule has 9 nitrogen and oxygen atoms in total. The minimum Gasteiger partial charge on any atom is -0.360 e. The van der Waals surface area contributed by atoms with Crippen molar-refractivity contribution in [2.45, 2.75) is 35.1 Å². The summed E-state index contributed by atoms with van der Waals surface area (Å²) in [6.45, 7) is 2.90. The molecule has 2 aromatic heterocycles. The van der Waals surface area contributed by atoms with Gasteiger partial charge in [0.05, 0.1) is 10.1 Å². The first-order valence-electron chi connectivity index (χ1n) is 13.1. The lowest BCUT2D eigenvalue weighted by molar-refractivity contribution is -0.115. The summed E-state index contributed by atoms with van der Waals surface area (Å²) in [6.07, 6.45) is 3.68. The number of nitrogens with one attached hydrogen (secondary N) is 2. The Kier molecular flexibility index (Phi) is 7.18. The second kappa shape index (κ2) is 10.9. The van der Waals surface area contributed by atoms with E-state index in [0.29, 0.717) is 29.8 Å². The van der Waals surface area contributed by atoms with E-state index in [0.717, 1.165) is 35.0 Å². The number of aromatic nitrogens is 4. The number of thioether (sulfide) groups is 1. The maximum absolute atomic E-state index is 13.1. The molecule has 1 saturated heterocycles. The number of amides is 1. The van der Waals surface area contributed by atoms with E-state index in [4.69, 9.17) is 0 Å². The molecule has 2 N–H and O–H groups in total. The molecule has 0 saturated carbocycles. The standard InChI is InChI=1S/C29H28N6O3S2/c1-20(28(36)31-21-13-15-23(16-14-21)40(37,38)34-17-7-8-18-34)39-29-33-32-27(35(29)22-9-3-2-4-10-22)25-19-30-26-12-6-5-11-24(25)26/h2-6,9-16,19-20,30H,7-8,17-18H2,1H3,(H,31,36)/t20-/m0/s1. The fraction of sp³-hybridized carbons (Fsp3) is 0.207. The van der Waals surface area contributed by atoms with Crippen LogP contribution in [0.5, 0.6) is 0 Å². The molecule has 3 heterocycles. The van der Waals surface area contributed by atoms with E-state index in [9.17, 15) is 13.2 Å². The van der Waals surface area contributed by atoms with Crippen LogP contribution < -0.4 is 5.32 Å². The Hall–Kier alpha value is -3.93. The van der Waals surface area contributed by atoms with Crippen LogP contribution in [-0.2, 0) is 14.8 Å². The van der Waals surface area contributed by atoms with Gasteiger partial charge in [-0.1, -0.05) is 48.2 Å². The number of benzene rings is 3. The Bertz CT molecular complexity index is 1760. The van der Waals surface area contributed by atoms with Crippen molar-refractivity contribution in [2.24, 2.45) is 0 Å². The summed E-state index contributed by atoms with van der Waals surface area (Å²) >= 11 is 1.30. The highest BCUT2D eigenvalue weighted by Crippen LogP contribution is 2.34. The Morgan fingerprint density at radius 1 is 0.950 bits per heavy atom. The molecule has 1 atom stereocenters. The average molecular weight is 573 g/mol. The number of H-pyrrole nitrogens is 1. The second-order valence-corrected chi connectivity index (χ2v) is 12.9. The van der Waals surface area contributed by atoms with Crippen LogP contribution >= 0.6 is 11.8 Å². The zero-order chi connectivity index (χ0) is 27.7. The third-order valence-electron chi connectivity index (χ3n) is 6.95. The van der Waals surface area contributed by atoms with Crippen LogP contribution in [0, 0.1) is 0 Å². The number of carbonyl (C=O) groups is 1. The fourth-order valence-electron chi connectivity index (χ4n) is 4.83. The van der Waals surface area contributed by atoms with Crippen LogP contribution in [0.2, 0.25) is 0 Å². The predicted molar refractivity (Wildman–Crippen MR) is 157 cm³/mol. The molecule has 40 heavy (non-hydrogen) atoms. The number of fused-ring (bicyclic) bond motifs is 1. The van der Waals surface area contributed by atoms with Gasteiger partial charge in [0.25, 0.3) is 0 Å². The van der Waals surface area contributed by atoms with E-state index in [1.54, 1.807) is 24.3 Å². The quantitative estimate of drug-likeness (QED) is 0.243. The molecule has 0 radical (unpaired) electrons. The Labute approximate surface area is 236 Å². The molecule has 11 heteroatoms. The van der Waals surface area contributed by atoms with Gasteiger partial charge in [-0.25, -0.2) is 8.42 Å². The van der Waals surface area contributed by atoms with Crippen molar-refractivity contribution >= 4 is 44.3 Å². The molecule has 1 fully saturated rings. The molecular weight excluding hydrogens is 544 g/mol. The number of hydrogen-bond acceptors (Lipinski definition) is 6. The molecule has 1 aliphatic rings. The molecule has 0 bridgehead atoms. The maximum atomic E-state index is 13.1. The van der Waals surface area contributed by atoms with Gasteiger partial charge >= 0.3 is 0 Å². The Morgan fingerprint density at radius 2 is 1.65 bits per heavy atom. The SMILES string of the molecule is C[C@H](Sc1nnc(-c2c[nH]c3ccccc23)n1-c1ccccc1)C(=O)Nc1ccc(S(=O)(=O)N2CCCC2)cc1. The van der Waals surface area contributed by atoms with Gasteiger partial charge < -0.3 is 10.3 Å². The minimum absolute atomic E-state index is 0.226. The molecule has 204 valence electrons. The summed E-state index contributed by atoms with van der Waals surface area (Å²) in [6, 6.07) is 24.2. The molecule has 0 unspecified atom stereocenters. The van der Waals surface area contributed by atoms with E-state index in [1.165, 1.54) is 16.1 Å². The smallest absolute Gasteiger partial charge is 0.243 e. The number of hydrogen-bond donors (Lipinski definition) is 2. The molecule has 3 aromatic carbocycles. The number of aromatic amines is 1. The monoisotopic (exact) mass is 572 g/mol. The molecular formula is C29H28N6O3S2. The zero-order valence-corrected chi connectivity index (χ0v) is 23.5. The first-order valence-corrected chi connectivity index (χ1v) is 15.4. The first-order chi connectivity index (χ1) is 19.4. The summed E-state index contributed by atoms with van der Waals surface area (Å²) in [5.74, 6) is 0.449. The summed E-state index contributed by atoms with van der Waals surface area (Å²) in [5.41, 5.74) is 3.33. The normalized spacial score (nSPS) is 14.9. The number of nitrogens with zero attached hydrogens (tertiary/aromatic N) is 4. The van der Waals surface area contributed by atoms with Crippen molar-refractivity contribution in [3.05, 3.63) is 85.1 Å². The van der Waals surface area contributed by atoms with Crippen molar-refractivity contribution in [3.8, 4) is 17.1 Å². The van der Waals surface area contributed by atoms with E-state index in [2.05, 4.69) is 20.5 Å². The van der Waals surface area contributed by atoms with Gasteiger partial charge in [0.2, 0.25) is 15.9 Å². The summed E-state index contributed by atoms with van der Waals surface area (Å²) in [5, 5.41) is 13.0. The average Bonchev–Trinajstić information content (AvgIpc) is 3.74. The number of sulfonamides is 1.